The molecule has 2 bridgehead atoms. The van der Waals surface area contributed by atoms with Crippen LogP contribution in [0.5, 0.6) is 23.0 Å². The zero-order chi connectivity index (χ0) is 27.7. The van der Waals surface area contributed by atoms with Crippen molar-refractivity contribution in [3.8, 4) is 29.1 Å². The topological polar surface area (TPSA) is 118 Å². The number of fused-ring (bicyclic) bond motifs is 9. The molecule has 5 atom stereocenters. The van der Waals surface area contributed by atoms with Gasteiger partial charge < -0.3 is 25.0 Å². The Morgan fingerprint density at radius 3 is 2.55 bits per heavy atom. The second kappa shape index (κ2) is 10.8. The van der Waals surface area contributed by atoms with E-state index in [4.69, 9.17) is 9.47 Å². The molecule has 0 aliphatic carbocycles. The normalized spacial score (nSPS) is 26.4. The maximum atomic E-state index is 12.6. The molecule has 4 aliphatic rings. The Bertz CT molecular complexity index is 1470. The molecule has 0 spiro atoms. The number of carbonyl (C=O) groups is 1. The minimum Gasteiger partial charge on any atom is -0.507 e. The van der Waals surface area contributed by atoms with Crippen molar-refractivity contribution >= 4 is 5.91 Å². The van der Waals surface area contributed by atoms with Crippen molar-refractivity contribution in [1.82, 2.24) is 15.1 Å². The predicted octanol–water partition coefficient (Wildman–Crippen LogP) is 3.22. The smallest absolute Gasteiger partial charge is 0.243 e. The number of nitrogens with one attached hydrogen (secondary N) is 1. The molecule has 0 aromatic heterocycles. The number of piperazine rings is 1. The fraction of sp³-hybridized carbons (Fsp3) is 0.467. The van der Waals surface area contributed by atoms with Crippen molar-refractivity contribution < 1.29 is 68.5 Å². The van der Waals surface area contributed by atoms with Crippen LogP contribution in [-0.4, -0.2) is 64.4 Å². The number of aryl methyl sites for hydroxylation is 1. The Hall–Kier alpha value is -2.30. The number of phenolic OH excluding ortho intramolecular Hbond substituents is 2. The van der Waals surface area contributed by atoms with Gasteiger partial charge in [-0.3, -0.25) is 14.6 Å². The number of nitriles is 1. The van der Waals surface area contributed by atoms with E-state index in [1.54, 1.807) is 13.0 Å². The number of nitrogens with zero attached hydrogens (tertiary/aromatic N) is 3. The van der Waals surface area contributed by atoms with Crippen LogP contribution in [-0.2, 0) is 17.6 Å². The molecule has 10 heteroatoms. The number of hydrogen-bond acceptors (Lipinski definition) is 8. The Morgan fingerprint density at radius 2 is 1.85 bits per heavy atom. The zero-order valence-corrected chi connectivity index (χ0v) is 28.2. The summed E-state index contributed by atoms with van der Waals surface area (Å²) >= 11 is 0. The minimum atomic E-state index is -0.494. The van der Waals surface area contributed by atoms with Crippen molar-refractivity contribution in [2.24, 2.45) is 0 Å². The van der Waals surface area contributed by atoms with Crippen LogP contribution in [0.2, 0.25) is 0 Å². The Kier molecular flexibility index (Phi) is 7.91. The molecule has 1 fully saturated rings. The monoisotopic (exact) mass is 757 g/mol. The van der Waals surface area contributed by atoms with Crippen molar-refractivity contribution in [2.75, 3.05) is 20.4 Å². The molecular weight excluding hydrogens is 723 g/mol. The minimum absolute atomic E-state index is 0. The fourth-order valence-corrected chi connectivity index (χ4v) is 7.32. The van der Waals surface area contributed by atoms with Gasteiger partial charge in [0.05, 0.1) is 18.2 Å². The van der Waals surface area contributed by atoms with E-state index >= 15 is 0 Å². The van der Waals surface area contributed by atoms with Crippen molar-refractivity contribution in [2.45, 2.75) is 70.7 Å². The van der Waals surface area contributed by atoms with E-state index in [9.17, 15) is 20.3 Å². The third kappa shape index (κ3) is 4.16. The van der Waals surface area contributed by atoms with E-state index < -0.39 is 12.1 Å². The van der Waals surface area contributed by atoms with E-state index in [0.717, 1.165) is 33.4 Å². The molecule has 4 heterocycles. The van der Waals surface area contributed by atoms with Crippen LogP contribution in [0.3, 0.4) is 0 Å². The molecule has 0 saturated carbocycles. The average Bonchev–Trinajstić information content (AvgIpc) is 3.40. The van der Waals surface area contributed by atoms with Crippen LogP contribution >= 0.6 is 0 Å². The quantitative estimate of drug-likeness (QED) is 0.409. The third-order valence-electron chi connectivity index (χ3n) is 9.25. The second-order valence-corrected chi connectivity index (χ2v) is 11.1. The van der Waals surface area contributed by atoms with Gasteiger partial charge in [-0.05, 0) is 70.4 Å². The third-order valence-corrected chi connectivity index (χ3v) is 9.25. The fourth-order valence-electron chi connectivity index (χ4n) is 7.32. The number of phenols is 2. The van der Waals surface area contributed by atoms with Gasteiger partial charge in [0.2, 0.25) is 12.7 Å². The largest absolute Gasteiger partial charge is 0.507 e. The van der Waals surface area contributed by atoms with E-state index in [1.807, 2.05) is 27.8 Å². The Labute approximate surface area is 270 Å². The first-order chi connectivity index (χ1) is 18.7. The zero-order valence-electron chi connectivity index (χ0n) is 23.5. The summed E-state index contributed by atoms with van der Waals surface area (Å²) in [7, 11) is 2.03. The van der Waals surface area contributed by atoms with Crippen molar-refractivity contribution in [3.63, 3.8) is 0 Å². The molecule has 1 saturated heterocycles. The maximum Gasteiger partial charge on any atom is 0.243 e. The van der Waals surface area contributed by atoms with Gasteiger partial charge in [-0.25, -0.2) is 0 Å². The SMILES string of the molecule is C/C=C/C(=O)NC[C@H]1c2c(c(O)c(C)c3c2OCO3)CC2[C@H]3c4c(cc(C)c(C)c4O)C[C@H]([C@H](C#N)N21)N3C.[Ac]. The van der Waals surface area contributed by atoms with Gasteiger partial charge >= 0.3 is 0 Å². The van der Waals surface area contributed by atoms with Gasteiger partial charge in [-0.15, -0.1) is 0 Å². The number of likely N-dealkylation sites (N-methyl/N-ethyl adjacent to an activating group) is 1. The molecule has 4 aliphatic heterocycles. The number of amides is 1. The van der Waals surface area contributed by atoms with Gasteiger partial charge in [0, 0.05) is 84.9 Å². The first kappa shape index (κ1) is 29.2. The van der Waals surface area contributed by atoms with Crippen LogP contribution in [0, 0.1) is 76.2 Å². The summed E-state index contributed by atoms with van der Waals surface area (Å²) in [5.74, 6) is 1.29. The number of hydrogen-bond donors (Lipinski definition) is 3. The van der Waals surface area contributed by atoms with Gasteiger partial charge in [-0.1, -0.05) is 12.1 Å². The first-order valence-corrected chi connectivity index (χ1v) is 13.4. The van der Waals surface area contributed by atoms with Crippen LogP contribution < -0.4 is 14.8 Å². The van der Waals surface area contributed by atoms with E-state index in [-0.39, 0.29) is 87.2 Å². The summed E-state index contributed by atoms with van der Waals surface area (Å²) in [5.41, 5.74) is 5.95. The Morgan fingerprint density at radius 1 is 1.12 bits per heavy atom. The average molecular weight is 758 g/mol. The maximum absolute atomic E-state index is 12.6. The van der Waals surface area contributed by atoms with E-state index in [1.165, 1.54) is 6.08 Å². The molecule has 3 N–H and O–H groups in total. The molecule has 2 aromatic rings. The number of rotatable bonds is 3. The summed E-state index contributed by atoms with van der Waals surface area (Å²) in [6.45, 7) is 7.79. The first-order valence-electron chi connectivity index (χ1n) is 13.4. The number of carbonyl (C=O) groups excluding carboxylic acids is 1. The van der Waals surface area contributed by atoms with E-state index in [0.29, 0.717) is 35.7 Å². The van der Waals surface area contributed by atoms with Crippen LogP contribution in [0.25, 0.3) is 0 Å². The van der Waals surface area contributed by atoms with Crippen LogP contribution in [0.1, 0.15) is 58.0 Å². The molecule has 2 aromatic carbocycles. The standard InChI is InChI=1S/C30H34N4O5.Ac/c1-6-7-23(35)32-12-22-25-18(27(36)16(4)29-30(25)39-13-38-29)10-20-26-24-17(8-14(2)15(3)28(24)37)9-19(33(26)5)21(11-31)34(20)22;/h6-8,19-22,26,36-37H,9-10,12-13H2,1-5H3,(H,32,35);/b7-6+;/t19-,20?,21+,22+,26+;/m1./s1. The number of aromatic hydroxyl groups is 2. The summed E-state index contributed by atoms with van der Waals surface area (Å²) in [6.07, 6.45) is 4.22. The van der Waals surface area contributed by atoms with Crippen molar-refractivity contribution in [1.29, 1.82) is 5.26 Å². The summed E-state index contributed by atoms with van der Waals surface area (Å²) < 4.78 is 11.7. The van der Waals surface area contributed by atoms with Gasteiger partial charge in [0.25, 0.3) is 0 Å². The predicted molar refractivity (Wildman–Crippen MR) is 144 cm³/mol. The molecule has 1 radical (unpaired) electrons. The van der Waals surface area contributed by atoms with Gasteiger partial charge in [-0.2, -0.15) is 5.26 Å². The van der Waals surface area contributed by atoms with Gasteiger partial charge in [0.15, 0.2) is 11.5 Å². The van der Waals surface area contributed by atoms with Crippen LogP contribution in [0.4, 0.5) is 0 Å². The summed E-state index contributed by atoms with van der Waals surface area (Å²) in [5, 5.41) is 36.5. The summed E-state index contributed by atoms with van der Waals surface area (Å²) in [4.78, 5) is 17.0. The van der Waals surface area contributed by atoms with Crippen LogP contribution in [0.15, 0.2) is 18.2 Å². The molecular formula is C30H34AcN4O5. The Balaban J connectivity index is 0.00000323. The molecule has 9 nitrogen and oxygen atoms in total. The number of benzene rings is 2. The van der Waals surface area contributed by atoms with E-state index in [2.05, 4.69) is 27.3 Å². The number of allylic oxidation sites excluding steroid dienone is 1. The summed E-state index contributed by atoms with van der Waals surface area (Å²) in [6, 6.07) is 3.21. The van der Waals surface area contributed by atoms with Gasteiger partial charge in [0.1, 0.15) is 17.5 Å². The molecule has 207 valence electrons. The second-order valence-electron chi connectivity index (χ2n) is 11.1. The number of ether oxygens (including phenoxy) is 2. The molecule has 40 heavy (non-hydrogen) atoms. The van der Waals surface area contributed by atoms with Crippen molar-refractivity contribution in [3.05, 3.63) is 57.2 Å². The molecule has 1 amide bonds. The molecule has 6 rings (SSSR count). The molecule has 1 unspecified atom stereocenters.